The number of halogens is 1. The van der Waals surface area contributed by atoms with Crippen molar-refractivity contribution in [2.24, 2.45) is 0 Å². The van der Waals surface area contributed by atoms with Gasteiger partial charge in [-0.2, -0.15) is 0 Å². The summed E-state index contributed by atoms with van der Waals surface area (Å²) in [4.78, 5) is 17.9. The van der Waals surface area contributed by atoms with E-state index in [2.05, 4.69) is 26.2 Å². The highest BCUT2D eigenvalue weighted by Gasteiger charge is 2.20. The Bertz CT molecular complexity index is 584. The zero-order chi connectivity index (χ0) is 13.8. The molecule has 0 radical (unpaired) electrons. The molecule has 0 aliphatic heterocycles. The van der Waals surface area contributed by atoms with Crippen LogP contribution in [0.25, 0.3) is 0 Å². The van der Waals surface area contributed by atoms with Crippen molar-refractivity contribution in [3.63, 3.8) is 0 Å². The van der Waals surface area contributed by atoms with Crippen LogP contribution in [0.1, 0.15) is 20.2 Å². The Morgan fingerprint density at radius 1 is 1.53 bits per heavy atom. The van der Waals surface area contributed by atoms with Crippen LogP contribution in [0, 0.1) is 6.92 Å². The highest BCUT2D eigenvalue weighted by Crippen LogP contribution is 2.38. The molecular weight excluding hydrogens is 328 g/mol. The number of aryl methyl sites for hydroxylation is 1. The maximum Gasteiger partial charge on any atom is 0.265 e. The predicted molar refractivity (Wildman–Crippen MR) is 78.7 cm³/mol. The van der Waals surface area contributed by atoms with Crippen LogP contribution in [-0.2, 0) is 6.54 Å². The Balaban J connectivity index is 2.10. The smallest absolute Gasteiger partial charge is 0.265 e. The van der Waals surface area contributed by atoms with Crippen molar-refractivity contribution in [1.29, 1.82) is 0 Å². The van der Waals surface area contributed by atoms with E-state index in [1.165, 1.54) is 11.3 Å². The molecule has 0 aliphatic carbocycles. The molecule has 2 rings (SSSR count). The van der Waals surface area contributed by atoms with E-state index in [-0.39, 0.29) is 5.91 Å². The summed E-state index contributed by atoms with van der Waals surface area (Å²) in [6.45, 7) is 2.34. The van der Waals surface area contributed by atoms with E-state index in [9.17, 15) is 4.79 Å². The van der Waals surface area contributed by atoms with Gasteiger partial charge in [0.2, 0.25) is 0 Å². The van der Waals surface area contributed by atoms with Gasteiger partial charge in [-0.15, -0.1) is 11.3 Å². The summed E-state index contributed by atoms with van der Waals surface area (Å²) in [6, 6.07) is 5.60. The van der Waals surface area contributed by atoms with Crippen LogP contribution in [0.2, 0.25) is 0 Å². The van der Waals surface area contributed by atoms with Gasteiger partial charge in [0.15, 0.2) is 5.75 Å². The Kier molecular flexibility index (Phi) is 4.55. The molecule has 100 valence electrons. The number of aromatic nitrogens is 1. The van der Waals surface area contributed by atoms with Crippen LogP contribution < -0.4 is 10.1 Å². The monoisotopic (exact) mass is 340 g/mol. The van der Waals surface area contributed by atoms with E-state index in [0.717, 1.165) is 15.0 Å². The zero-order valence-electron chi connectivity index (χ0n) is 10.6. The van der Waals surface area contributed by atoms with Crippen LogP contribution in [0.15, 0.2) is 28.9 Å². The third-order valence-corrected chi connectivity index (χ3v) is 4.84. The number of rotatable bonds is 4. The molecule has 0 spiro atoms. The molecule has 6 heteroatoms. The molecule has 0 fully saturated rings. The van der Waals surface area contributed by atoms with Crippen LogP contribution >= 0.6 is 27.3 Å². The molecule has 19 heavy (non-hydrogen) atoms. The van der Waals surface area contributed by atoms with Gasteiger partial charge in [0.25, 0.3) is 5.91 Å². The number of pyridine rings is 1. The molecule has 2 aromatic rings. The molecule has 0 bridgehead atoms. The van der Waals surface area contributed by atoms with Gasteiger partial charge < -0.3 is 10.1 Å². The minimum atomic E-state index is -0.152. The quantitative estimate of drug-likeness (QED) is 0.929. The first-order chi connectivity index (χ1) is 9.13. The fourth-order valence-electron chi connectivity index (χ4n) is 1.59. The molecule has 0 atom stereocenters. The van der Waals surface area contributed by atoms with Crippen molar-refractivity contribution < 1.29 is 9.53 Å². The molecule has 4 nitrogen and oxygen atoms in total. The maximum atomic E-state index is 12.1. The fourth-order valence-corrected chi connectivity index (χ4v) is 3.25. The number of carbonyl (C=O) groups excluding carboxylic acids is 1. The van der Waals surface area contributed by atoms with Crippen LogP contribution in [0.3, 0.4) is 0 Å². The predicted octanol–water partition coefficient (Wildman–Crippen LogP) is 3.15. The molecule has 2 heterocycles. The summed E-state index contributed by atoms with van der Waals surface area (Å²) in [5, 5.41) is 2.84. The van der Waals surface area contributed by atoms with E-state index < -0.39 is 0 Å². The first-order valence-electron chi connectivity index (χ1n) is 5.64. The van der Waals surface area contributed by atoms with Gasteiger partial charge in [0.05, 0.1) is 23.8 Å². The van der Waals surface area contributed by atoms with E-state index in [1.807, 2.05) is 25.1 Å². The summed E-state index contributed by atoms with van der Waals surface area (Å²) in [6.07, 6.45) is 1.70. The highest BCUT2D eigenvalue weighted by molar-refractivity contribution is 9.10. The lowest BCUT2D eigenvalue weighted by atomic mass is 10.3. The van der Waals surface area contributed by atoms with Crippen molar-refractivity contribution in [3.8, 4) is 5.75 Å². The largest absolute Gasteiger partial charge is 0.494 e. The summed E-state index contributed by atoms with van der Waals surface area (Å²) >= 11 is 4.82. The molecule has 1 amide bonds. The van der Waals surface area contributed by atoms with E-state index in [1.54, 1.807) is 13.3 Å². The zero-order valence-corrected chi connectivity index (χ0v) is 13.0. The SMILES string of the molecule is COc1c(C(=O)NCc2ccccn2)sc(C)c1Br. The number of hydrogen-bond acceptors (Lipinski definition) is 4. The van der Waals surface area contributed by atoms with E-state index in [0.29, 0.717) is 17.2 Å². The number of amides is 1. The summed E-state index contributed by atoms with van der Waals surface area (Å²) in [7, 11) is 1.56. The molecule has 0 saturated heterocycles. The lowest BCUT2D eigenvalue weighted by molar-refractivity contribution is 0.0951. The number of nitrogens with zero attached hydrogens (tertiary/aromatic N) is 1. The van der Waals surface area contributed by atoms with Gasteiger partial charge in [0, 0.05) is 11.1 Å². The van der Waals surface area contributed by atoms with Gasteiger partial charge >= 0.3 is 0 Å². The standard InChI is InChI=1S/C13H13BrN2O2S/c1-8-10(14)11(18-2)12(19-8)13(17)16-7-9-5-3-4-6-15-9/h3-6H,7H2,1-2H3,(H,16,17). The summed E-state index contributed by atoms with van der Waals surface area (Å²) in [5.74, 6) is 0.433. The summed E-state index contributed by atoms with van der Waals surface area (Å²) in [5.41, 5.74) is 0.821. The normalized spacial score (nSPS) is 10.3. The van der Waals surface area contributed by atoms with Gasteiger partial charge in [-0.25, -0.2) is 0 Å². The Hall–Kier alpha value is -1.40. The molecule has 1 N–H and O–H groups in total. The first-order valence-corrected chi connectivity index (χ1v) is 7.25. The average molecular weight is 341 g/mol. The van der Waals surface area contributed by atoms with Gasteiger partial charge in [-0.05, 0) is 35.0 Å². The second kappa shape index (κ2) is 6.16. The molecular formula is C13H13BrN2O2S. The lowest BCUT2D eigenvalue weighted by Gasteiger charge is -2.05. The van der Waals surface area contributed by atoms with E-state index >= 15 is 0 Å². The third-order valence-electron chi connectivity index (χ3n) is 2.54. The second-order valence-electron chi connectivity index (χ2n) is 3.84. The van der Waals surface area contributed by atoms with Crippen LogP contribution in [0.5, 0.6) is 5.75 Å². The Labute approximate surface area is 124 Å². The minimum Gasteiger partial charge on any atom is -0.494 e. The number of methoxy groups -OCH3 is 1. The van der Waals surface area contributed by atoms with Gasteiger partial charge in [-0.3, -0.25) is 9.78 Å². The molecule has 0 unspecified atom stereocenters. The Morgan fingerprint density at radius 3 is 2.95 bits per heavy atom. The van der Waals surface area contributed by atoms with Crippen LogP contribution in [-0.4, -0.2) is 18.0 Å². The van der Waals surface area contributed by atoms with Crippen molar-refractivity contribution in [3.05, 3.63) is 44.3 Å². The maximum absolute atomic E-state index is 12.1. The first kappa shape index (κ1) is 14.0. The van der Waals surface area contributed by atoms with Crippen molar-refractivity contribution in [1.82, 2.24) is 10.3 Å². The topological polar surface area (TPSA) is 51.2 Å². The van der Waals surface area contributed by atoms with E-state index in [4.69, 9.17) is 4.74 Å². The number of nitrogens with one attached hydrogen (secondary N) is 1. The van der Waals surface area contributed by atoms with Crippen LogP contribution in [0.4, 0.5) is 0 Å². The number of carbonyl (C=O) groups is 1. The highest BCUT2D eigenvalue weighted by atomic mass is 79.9. The van der Waals surface area contributed by atoms with Crippen molar-refractivity contribution >= 4 is 33.2 Å². The van der Waals surface area contributed by atoms with Crippen molar-refractivity contribution in [2.45, 2.75) is 13.5 Å². The fraction of sp³-hybridized carbons (Fsp3) is 0.231. The number of hydrogen-bond donors (Lipinski definition) is 1. The second-order valence-corrected chi connectivity index (χ2v) is 5.86. The number of thiophene rings is 1. The van der Waals surface area contributed by atoms with Gasteiger partial charge in [-0.1, -0.05) is 6.07 Å². The molecule has 0 aliphatic rings. The molecule has 2 aromatic heterocycles. The number of ether oxygens (including phenoxy) is 1. The van der Waals surface area contributed by atoms with Gasteiger partial charge in [0.1, 0.15) is 4.88 Å². The van der Waals surface area contributed by atoms with Crippen molar-refractivity contribution in [2.75, 3.05) is 7.11 Å². The average Bonchev–Trinajstić information content (AvgIpc) is 2.73. The Morgan fingerprint density at radius 2 is 2.32 bits per heavy atom. The molecule has 0 saturated carbocycles. The lowest BCUT2D eigenvalue weighted by Crippen LogP contribution is -2.22. The molecule has 0 aromatic carbocycles. The summed E-state index contributed by atoms with van der Waals surface area (Å²) < 4.78 is 6.09. The minimum absolute atomic E-state index is 0.152. The third kappa shape index (κ3) is 3.13.